The number of piperidine rings is 1. The zero-order chi connectivity index (χ0) is 17.2. The normalized spacial score (nSPS) is 16.4. The Balaban J connectivity index is 1.68. The van der Waals surface area contributed by atoms with E-state index in [0.29, 0.717) is 31.5 Å². The Morgan fingerprint density at radius 2 is 2.00 bits per heavy atom. The zero-order valence-electron chi connectivity index (χ0n) is 14.0. The van der Waals surface area contributed by atoms with Crippen LogP contribution in [-0.2, 0) is 0 Å². The van der Waals surface area contributed by atoms with Gasteiger partial charge in [-0.05, 0) is 37.1 Å². The van der Waals surface area contributed by atoms with Crippen molar-refractivity contribution in [1.29, 1.82) is 0 Å². The Hall–Kier alpha value is -2.51. The monoisotopic (exact) mass is 323 g/mol. The molecule has 2 heterocycles. The van der Waals surface area contributed by atoms with Gasteiger partial charge >= 0.3 is 0 Å². The van der Waals surface area contributed by atoms with E-state index < -0.39 is 5.60 Å². The fraction of sp³-hybridized carbons (Fsp3) is 0.350. The predicted octanol–water partition coefficient (Wildman–Crippen LogP) is 2.92. The van der Waals surface area contributed by atoms with Crippen molar-refractivity contribution in [1.82, 2.24) is 4.90 Å². The molecule has 0 radical (unpaired) electrons. The molecule has 0 aliphatic carbocycles. The number of hydrogen-bond donors (Lipinski definition) is 1. The smallest absolute Gasteiger partial charge is 0.257 e. The maximum Gasteiger partial charge on any atom is 0.257 e. The Labute approximate surface area is 142 Å². The van der Waals surface area contributed by atoms with Gasteiger partial charge in [-0.25, -0.2) is 0 Å². The second-order valence-corrected chi connectivity index (χ2v) is 6.40. The number of hydrogen-bond acceptors (Lipinski definition) is 3. The molecule has 0 bridgehead atoms. The minimum atomic E-state index is -1.04. The standard InChI is InChI=1S/C20H21NO3/c1-15-3-4-16(2)17(13-15)5-7-20(23)8-10-21(11-9-20)19(22)18-6-12-24-14-18/h3-4,6,12-14,23H,8-11H2,1-2H3. The van der Waals surface area contributed by atoms with Crippen molar-refractivity contribution < 1.29 is 14.3 Å². The summed E-state index contributed by atoms with van der Waals surface area (Å²) >= 11 is 0. The second kappa shape index (κ2) is 6.54. The molecule has 2 aromatic rings. The second-order valence-electron chi connectivity index (χ2n) is 6.40. The van der Waals surface area contributed by atoms with Crippen LogP contribution < -0.4 is 0 Å². The molecule has 3 rings (SSSR count). The highest BCUT2D eigenvalue weighted by Crippen LogP contribution is 2.23. The van der Waals surface area contributed by atoms with Gasteiger partial charge in [-0.15, -0.1) is 0 Å². The number of benzene rings is 1. The van der Waals surface area contributed by atoms with Crippen LogP contribution in [0.5, 0.6) is 0 Å². The number of likely N-dealkylation sites (tertiary alicyclic amines) is 1. The number of aryl methyl sites for hydroxylation is 2. The van der Waals surface area contributed by atoms with Gasteiger partial charge in [-0.1, -0.05) is 24.0 Å². The number of carbonyl (C=O) groups excluding carboxylic acids is 1. The summed E-state index contributed by atoms with van der Waals surface area (Å²) in [5.41, 5.74) is 2.70. The Morgan fingerprint density at radius 3 is 2.67 bits per heavy atom. The van der Waals surface area contributed by atoms with E-state index in [9.17, 15) is 9.90 Å². The number of nitrogens with zero attached hydrogens (tertiary/aromatic N) is 1. The lowest BCUT2D eigenvalue weighted by Crippen LogP contribution is -2.46. The maximum absolute atomic E-state index is 12.3. The van der Waals surface area contributed by atoms with E-state index in [1.165, 1.54) is 12.5 Å². The fourth-order valence-electron chi connectivity index (χ4n) is 2.83. The minimum Gasteiger partial charge on any atom is -0.472 e. The first-order chi connectivity index (χ1) is 11.5. The molecular weight excluding hydrogens is 302 g/mol. The summed E-state index contributed by atoms with van der Waals surface area (Å²) in [4.78, 5) is 14.0. The fourth-order valence-corrected chi connectivity index (χ4v) is 2.83. The third-order valence-corrected chi connectivity index (χ3v) is 4.47. The first-order valence-electron chi connectivity index (χ1n) is 8.11. The lowest BCUT2D eigenvalue weighted by atomic mass is 9.91. The summed E-state index contributed by atoms with van der Waals surface area (Å²) < 4.78 is 4.96. The first-order valence-corrected chi connectivity index (χ1v) is 8.11. The Bertz CT molecular complexity index is 788. The molecule has 4 nitrogen and oxygen atoms in total. The molecule has 0 atom stereocenters. The van der Waals surface area contributed by atoms with Gasteiger partial charge in [0.25, 0.3) is 5.91 Å². The van der Waals surface area contributed by atoms with Crippen LogP contribution in [0.1, 0.15) is 39.9 Å². The first kappa shape index (κ1) is 16.4. The molecular formula is C20H21NO3. The Kier molecular flexibility index (Phi) is 4.46. The quantitative estimate of drug-likeness (QED) is 0.821. The number of amides is 1. The Morgan fingerprint density at radius 1 is 1.25 bits per heavy atom. The van der Waals surface area contributed by atoms with Crippen molar-refractivity contribution in [3.8, 4) is 11.8 Å². The highest BCUT2D eigenvalue weighted by atomic mass is 16.3. The molecule has 1 saturated heterocycles. The third kappa shape index (κ3) is 3.52. The summed E-state index contributed by atoms with van der Waals surface area (Å²) in [6.45, 7) is 5.02. The van der Waals surface area contributed by atoms with Crippen LogP contribution in [0, 0.1) is 25.7 Å². The van der Waals surface area contributed by atoms with Crippen molar-refractivity contribution in [3.05, 3.63) is 59.0 Å². The molecule has 0 unspecified atom stereocenters. The molecule has 24 heavy (non-hydrogen) atoms. The van der Waals surface area contributed by atoms with Crippen molar-refractivity contribution in [2.24, 2.45) is 0 Å². The van der Waals surface area contributed by atoms with Crippen molar-refractivity contribution in [2.75, 3.05) is 13.1 Å². The molecule has 1 aromatic heterocycles. The van der Waals surface area contributed by atoms with Crippen LogP contribution >= 0.6 is 0 Å². The molecule has 1 aliphatic heterocycles. The van der Waals surface area contributed by atoms with E-state index in [-0.39, 0.29) is 5.91 Å². The van der Waals surface area contributed by atoms with Crippen molar-refractivity contribution in [3.63, 3.8) is 0 Å². The molecule has 0 spiro atoms. The topological polar surface area (TPSA) is 53.7 Å². The molecule has 1 aromatic carbocycles. The van der Waals surface area contributed by atoms with Crippen LogP contribution in [0.2, 0.25) is 0 Å². The average Bonchev–Trinajstić information content (AvgIpc) is 3.10. The van der Waals surface area contributed by atoms with Crippen LogP contribution in [-0.4, -0.2) is 34.6 Å². The van der Waals surface area contributed by atoms with Crippen LogP contribution in [0.4, 0.5) is 0 Å². The summed E-state index contributed by atoms with van der Waals surface area (Å²) in [7, 11) is 0. The molecule has 1 N–H and O–H groups in total. The van der Waals surface area contributed by atoms with Crippen molar-refractivity contribution in [2.45, 2.75) is 32.3 Å². The summed E-state index contributed by atoms with van der Waals surface area (Å²) in [6.07, 6.45) is 3.84. The van der Waals surface area contributed by atoms with E-state index in [4.69, 9.17) is 4.42 Å². The van der Waals surface area contributed by atoms with Gasteiger partial charge in [0.05, 0.1) is 11.8 Å². The molecule has 1 fully saturated rings. The number of aliphatic hydroxyl groups is 1. The highest BCUT2D eigenvalue weighted by Gasteiger charge is 2.32. The lowest BCUT2D eigenvalue weighted by molar-refractivity contribution is 0.0248. The van der Waals surface area contributed by atoms with Gasteiger partial charge in [-0.3, -0.25) is 4.79 Å². The van der Waals surface area contributed by atoms with Crippen LogP contribution in [0.3, 0.4) is 0 Å². The van der Waals surface area contributed by atoms with E-state index in [0.717, 1.165) is 16.7 Å². The minimum absolute atomic E-state index is 0.0618. The van der Waals surface area contributed by atoms with Gasteiger partial charge < -0.3 is 14.4 Å². The molecule has 1 aliphatic rings. The van der Waals surface area contributed by atoms with Crippen molar-refractivity contribution >= 4 is 5.91 Å². The summed E-state index contributed by atoms with van der Waals surface area (Å²) in [5, 5.41) is 10.7. The number of furan rings is 1. The van der Waals surface area contributed by atoms with E-state index in [1.54, 1.807) is 11.0 Å². The molecule has 0 saturated carbocycles. The lowest BCUT2D eigenvalue weighted by Gasteiger charge is -2.34. The predicted molar refractivity (Wildman–Crippen MR) is 91.6 cm³/mol. The summed E-state index contributed by atoms with van der Waals surface area (Å²) in [6, 6.07) is 7.78. The third-order valence-electron chi connectivity index (χ3n) is 4.47. The molecule has 124 valence electrons. The van der Waals surface area contributed by atoms with Crippen LogP contribution in [0.15, 0.2) is 41.2 Å². The number of rotatable bonds is 1. The zero-order valence-corrected chi connectivity index (χ0v) is 14.0. The summed E-state index contributed by atoms with van der Waals surface area (Å²) in [5.74, 6) is 6.08. The number of carbonyl (C=O) groups is 1. The van der Waals surface area contributed by atoms with Gasteiger partial charge in [0.2, 0.25) is 0 Å². The SMILES string of the molecule is Cc1ccc(C)c(C#CC2(O)CCN(C(=O)c3ccoc3)CC2)c1. The van der Waals surface area contributed by atoms with Gasteiger partial charge in [0, 0.05) is 31.5 Å². The van der Waals surface area contributed by atoms with Crippen LogP contribution in [0.25, 0.3) is 0 Å². The van der Waals surface area contributed by atoms with E-state index in [2.05, 4.69) is 17.9 Å². The molecule has 1 amide bonds. The average molecular weight is 323 g/mol. The van der Waals surface area contributed by atoms with Gasteiger partial charge in [0.15, 0.2) is 0 Å². The van der Waals surface area contributed by atoms with E-state index in [1.807, 2.05) is 26.0 Å². The maximum atomic E-state index is 12.3. The highest BCUT2D eigenvalue weighted by molar-refractivity contribution is 5.93. The van der Waals surface area contributed by atoms with Gasteiger partial charge in [-0.2, -0.15) is 0 Å². The largest absolute Gasteiger partial charge is 0.472 e. The van der Waals surface area contributed by atoms with Gasteiger partial charge in [0.1, 0.15) is 11.9 Å². The van der Waals surface area contributed by atoms with E-state index >= 15 is 0 Å². The molecule has 4 heteroatoms.